The van der Waals surface area contributed by atoms with Crippen LogP contribution in [0.1, 0.15) is 18.5 Å². The number of nitrogens with one attached hydrogen (secondary N) is 1. The summed E-state index contributed by atoms with van der Waals surface area (Å²) in [6, 6.07) is 0.560. The lowest BCUT2D eigenvalue weighted by Crippen LogP contribution is -2.28. The molecule has 1 aromatic rings. The van der Waals surface area contributed by atoms with Crippen molar-refractivity contribution < 1.29 is 22.8 Å². The van der Waals surface area contributed by atoms with E-state index in [-0.39, 0.29) is 12.6 Å². The molecule has 0 aromatic carbocycles. The minimum atomic E-state index is -4.67. The number of hydrogen-bond acceptors (Lipinski definition) is 5. The predicted molar refractivity (Wildman–Crippen MR) is 62.4 cm³/mol. The Kier molecular flexibility index (Phi) is 4.07. The molecule has 110 valence electrons. The van der Waals surface area contributed by atoms with E-state index in [0.717, 1.165) is 19.4 Å². The van der Waals surface area contributed by atoms with Crippen LogP contribution in [0.15, 0.2) is 12.3 Å². The Morgan fingerprint density at radius 1 is 1.55 bits per heavy atom. The van der Waals surface area contributed by atoms with Crippen LogP contribution in [0.4, 0.5) is 18.9 Å². The first-order valence-electron chi connectivity index (χ1n) is 5.96. The van der Waals surface area contributed by atoms with E-state index in [0.29, 0.717) is 12.3 Å². The van der Waals surface area contributed by atoms with E-state index < -0.39 is 28.2 Å². The molecule has 0 amide bonds. The number of pyridine rings is 1. The molecule has 1 atom stereocenters. The normalized spacial score (nSPS) is 19.1. The van der Waals surface area contributed by atoms with E-state index >= 15 is 0 Å². The largest absolute Gasteiger partial charge is 0.485 e. The second-order valence-electron chi connectivity index (χ2n) is 4.40. The van der Waals surface area contributed by atoms with Crippen molar-refractivity contribution in [2.24, 2.45) is 0 Å². The highest BCUT2D eigenvalue weighted by Crippen LogP contribution is 2.34. The monoisotopic (exact) mass is 291 g/mol. The van der Waals surface area contributed by atoms with Gasteiger partial charge >= 0.3 is 11.9 Å². The Morgan fingerprint density at radius 3 is 2.85 bits per heavy atom. The molecule has 1 saturated heterocycles. The predicted octanol–water partition coefficient (Wildman–Crippen LogP) is 2.14. The minimum absolute atomic E-state index is 0.00268. The number of nitrogens with zero attached hydrogens (tertiary/aromatic N) is 2. The summed E-state index contributed by atoms with van der Waals surface area (Å²) in [6.07, 6.45) is -2.33. The fourth-order valence-electron chi connectivity index (χ4n) is 1.93. The van der Waals surface area contributed by atoms with Gasteiger partial charge in [0.25, 0.3) is 0 Å². The zero-order chi connectivity index (χ0) is 14.8. The second-order valence-corrected chi connectivity index (χ2v) is 4.40. The topological polar surface area (TPSA) is 77.3 Å². The van der Waals surface area contributed by atoms with Gasteiger partial charge in [0.2, 0.25) is 5.75 Å². The fraction of sp³-hybridized carbons (Fsp3) is 0.545. The summed E-state index contributed by atoms with van der Waals surface area (Å²) in [5.74, 6) is -0.411. The average Bonchev–Trinajstić information content (AvgIpc) is 2.87. The van der Waals surface area contributed by atoms with Gasteiger partial charge < -0.3 is 10.1 Å². The van der Waals surface area contributed by atoms with Crippen molar-refractivity contribution in [3.05, 3.63) is 28.1 Å². The fourth-order valence-corrected chi connectivity index (χ4v) is 1.93. The molecule has 20 heavy (non-hydrogen) atoms. The van der Waals surface area contributed by atoms with E-state index in [9.17, 15) is 23.3 Å². The maximum atomic E-state index is 12.5. The molecular formula is C11H12F3N3O3. The second kappa shape index (κ2) is 5.61. The first-order valence-corrected chi connectivity index (χ1v) is 5.96. The van der Waals surface area contributed by atoms with Crippen LogP contribution < -0.4 is 10.1 Å². The van der Waals surface area contributed by atoms with Gasteiger partial charge in [-0.1, -0.05) is 0 Å². The Labute approximate surface area is 112 Å². The molecule has 1 unspecified atom stereocenters. The van der Waals surface area contributed by atoms with Gasteiger partial charge in [0, 0.05) is 12.1 Å². The molecule has 1 fully saturated rings. The van der Waals surface area contributed by atoms with Gasteiger partial charge in [-0.25, -0.2) is 4.98 Å². The molecule has 1 aliphatic heterocycles. The van der Waals surface area contributed by atoms with Gasteiger partial charge in [0.05, 0.1) is 4.92 Å². The van der Waals surface area contributed by atoms with Crippen LogP contribution in [0.2, 0.25) is 0 Å². The Morgan fingerprint density at radius 2 is 2.30 bits per heavy atom. The Bertz CT molecular complexity index is 501. The Hall–Kier alpha value is -1.90. The molecule has 0 bridgehead atoms. The van der Waals surface area contributed by atoms with Crippen LogP contribution >= 0.6 is 0 Å². The summed E-state index contributed by atoms with van der Waals surface area (Å²) in [4.78, 5) is 13.0. The van der Waals surface area contributed by atoms with Crippen LogP contribution in [0.25, 0.3) is 0 Å². The lowest BCUT2D eigenvalue weighted by atomic mass is 10.2. The molecule has 2 heterocycles. The van der Waals surface area contributed by atoms with Crippen molar-refractivity contribution in [3.63, 3.8) is 0 Å². The number of alkyl halides is 3. The lowest BCUT2D eigenvalue weighted by Gasteiger charge is -2.13. The van der Waals surface area contributed by atoms with Crippen molar-refractivity contribution in [2.45, 2.75) is 25.1 Å². The van der Waals surface area contributed by atoms with Crippen LogP contribution in [-0.4, -0.2) is 29.1 Å². The molecule has 2 rings (SSSR count). The van der Waals surface area contributed by atoms with Crippen LogP contribution in [0.3, 0.4) is 0 Å². The molecule has 1 N–H and O–H groups in total. The van der Waals surface area contributed by atoms with E-state index in [4.69, 9.17) is 4.74 Å². The summed E-state index contributed by atoms with van der Waals surface area (Å²) in [6.45, 7) is 0.891. The number of rotatable bonds is 4. The molecule has 0 saturated carbocycles. The van der Waals surface area contributed by atoms with Crippen molar-refractivity contribution in [2.75, 3.05) is 13.2 Å². The molecule has 0 spiro atoms. The molecule has 1 aliphatic rings. The molecule has 1 aromatic heterocycles. The highest BCUT2D eigenvalue weighted by Gasteiger charge is 2.35. The maximum absolute atomic E-state index is 12.5. The highest BCUT2D eigenvalue weighted by atomic mass is 19.4. The summed E-state index contributed by atoms with van der Waals surface area (Å²) < 4.78 is 42.8. The van der Waals surface area contributed by atoms with Gasteiger partial charge in [-0.2, -0.15) is 13.2 Å². The summed E-state index contributed by atoms with van der Waals surface area (Å²) >= 11 is 0. The molecule has 0 aliphatic carbocycles. The molecule has 9 heteroatoms. The number of aromatic nitrogens is 1. The standard InChI is InChI=1S/C11H12F3N3O3/c12-11(13,14)10-4-9(8(5-16-10)17(18)19)20-6-7-2-1-3-15-7/h4-5,7,15H,1-3,6H2. The first-order chi connectivity index (χ1) is 9.38. The number of halogens is 3. The maximum Gasteiger partial charge on any atom is 0.433 e. The Balaban J connectivity index is 2.20. The van der Waals surface area contributed by atoms with Crippen molar-refractivity contribution in [3.8, 4) is 5.75 Å². The smallest absolute Gasteiger partial charge is 0.433 e. The molecule has 0 radical (unpaired) electrons. The highest BCUT2D eigenvalue weighted by molar-refractivity contribution is 5.45. The zero-order valence-corrected chi connectivity index (χ0v) is 10.3. The van der Waals surface area contributed by atoms with Gasteiger partial charge in [-0.15, -0.1) is 0 Å². The van der Waals surface area contributed by atoms with Crippen LogP contribution in [0, 0.1) is 10.1 Å². The third kappa shape index (κ3) is 3.35. The van der Waals surface area contributed by atoms with E-state index in [1.54, 1.807) is 0 Å². The van der Waals surface area contributed by atoms with Crippen molar-refractivity contribution in [1.29, 1.82) is 0 Å². The van der Waals surface area contributed by atoms with Crippen molar-refractivity contribution in [1.82, 2.24) is 10.3 Å². The first kappa shape index (κ1) is 14.5. The van der Waals surface area contributed by atoms with Gasteiger partial charge in [0.15, 0.2) is 0 Å². The summed E-state index contributed by atoms with van der Waals surface area (Å²) in [5.41, 5.74) is -1.78. The van der Waals surface area contributed by atoms with E-state index in [2.05, 4.69) is 10.3 Å². The van der Waals surface area contributed by atoms with Crippen molar-refractivity contribution >= 4 is 5.69 Å². The average molecular weight is 291 g/mol. The molecular weight excluding hydrogens is 279 g/mol. The quantitative estimate of drug-likeness (QED) is 0.679. The number of nitro groups is 1. The summed E-state index contributed by atoms with van der Waals surface area (Å²) in [7, 11) is 0. The van der Waals surface area contributed by atoms with E-state index in [1.165, 1.54) is 0 Å². The number of hydrogen-bond donors (Lipinski definition) is 1. The van der Waals surface area contributed by atoms with Gasteiger partial charge in [-0.05, 0) is 19.4 Å². The van der Waals surface area contributed by atoms with Crippen LogP contribution in [-0.2, 0) is 6.18 Å². The third-order valence-corrected chi connectivity index (χ3v) is 2.94. The number of ether oxygens (including phenoxy) is 1. The lowest BCUT2D eigenvalue weighted by molar-refractivity contribution is -0.386. The van der Waals surface area contributed by atoms with Gasteiger partial charge in [0.1, 0.15) is 18.5 Å². The zero-order valence-electron chi connectivity index (χ0n) is 10.3. The van der Waals surface area contributed by atoms with E-state index in [1.807, 2.05) is 0 Å². The SMILES string of the molecule is O=[N+]([O-])c1cnc(C(F)(F)F)cc1OCC1CCCN1. The minimum Gasteiger partial charge on any atom is -0.485 e. The third-order valence-electron chi connectivity index (χ3n) is 2.94. The van der Waals surface area contributed by atoms with Crippen LogP contribution in [0.5, 0.6) is 5.75 Å². The molecule has 6 nitrogen and oxygen atoms in total. The van der Waals surface area contributed by atoms with Gasteiger partial charge in [-0.3, -0.25) is 10.1 Å². The summed E-state index contributed by atoms with van der Waals surface area (Å²) in [5, 5.41) is 13.9.